The summed E-state index contributed by atoms with van der Waals surface area (Å²) < 4.78 is 2.16. The van der Waals surface area contributed by atoms with E-state index in [9.17, 15) is 4.79 Å². The van der Waals surface area contributed by atoms with Gasteiger partial charge in [0.15, 0.2) is 0 Å². The van der Waals surface area contributed by atoms with E-state index in [0.717, 1.165) is 49.3 Å². The molecule has 0 aliphatic carbocycles. The molecule has 2 aromatic rings. The number of Topliss-reactive ketones (excluding diaryl/α,β-unsaturated/α-hetero) is 1. The molecule has 0 radical (unpaired) electrons. The van der Waals surface area contributed by atoms with Crippen molar-refractivity contribution in [3.8, 4) is 0 Å². The van der Waals surface area contributed by atoms with Crippen LogP contribution in [-0.4, -0.2) is 28.4 Å². The second-order valence-electron chi connectivity index (χ2n) is 5.45. The quantitative estimate of drug-likeness (QED) is 0.927. The molecule has 20 heavy (non-hydrogen) atoms. The van der Waals surface area contributed by atoms with Gasteiger partial charge in [0.1, 0.15) is 11.6 Å². The first kappa shape index (κ1) is 13.3. The Hall–Kier alpha value is -1.68. The fourth-order valence-electron chi connectivity index (χ4n) is 3.04. The Labute approximate surface area is 119 Å². The molecule has 106 valence electrons. The monoisotopic (exact) mass is 271 g/mol. The third-order valence-electron chi connectivity index (χ3n) is 4.13. The van der Waals surface area contributed by atoms with Gasteiger partial charge in [-0.2, -0.15) is 0 Å². The lowest BCUT2D eigenvalue weighted by Crippen LogP contribution is -2.35. The van der Waals surface area contributed by atoms with Gasteiger partial charge in [-0.25, -0.2) is 4.98 Å². The molecule has 1 aromatic heterocycles. The maximum Gasteiger partial charge on any atom is 0.144 e. The Morgan fingerprint density at radius 1 is 1.45 bits per heavy atom. The molecular formula is C16H21N3O. The molecule has 3 rings (SSSR count). The highest BCUT2D eigenvalue weighted by Gasteiger charge is 2.23. The van der Waals surface area contributed by atoms with E-state index in [2.05, 4.69) is 27.9 Å². The number of aryl methyl sites for hydroxylation is 1. The van der Waals surface area contributed by atoms with Gasteiger partial charge in [0.25, 0.3) is 0 Å². The fraction of sp³-hybridized carbons (Fsp3) is 0.500. The smallest absolute Gasteiger partial charge is 0.144 e. The molecule has 4 heteroatoms. The van der Waals surface area contributed by atoms with Gasteiger partial charge in [-0.3, -0.25) is 4.79 Å². The largest absolute Gasteiger partial charge is 0.328 e. The number of carbonyl (C=O) groups excluding carboxylic acids is 1. The van der Waals surface area contributed by atoms with E-state index in [0.29, 0.717) is 12.2 Å². The standard InChI is InChI=1S/C16H21N3O/c1-2-19-14-8-4-3-7-13(14)18-16(19)10-15(20)12-6-5-9-17-11-12/h3-4,7-8,12,17H,2,5-6,9-11H2,1H3. The van der Waals surface area contributed by atoms with Crippen LogP contribution in [0.5, 0.6) is 0 Å². The number of hydrogen-bond donors (Lipinski definition) is 1. The minimum atomic E-state index is 0.161. The van der Waals surface area contributed by atoms with Crippen molar-refractivity contribution in [3.63, 3.8) is 0 Å². The van der Waals surface area contributed by atoms with Gasteiger partial charge < -0.3 is 9.88 Å². The fourth-order valence-corrected chi connectivity index (χ4v) is 3.04. The van der Waals surface area contributed by atoms with Crippen LogP contribution in [0.2, 0.25) is 0 Å². The number of carbonyl (C=O) groups is 1. The van der Waals surface area contributed by atoms with Crippen LogP contribution >= 0.6 is 0 Å². The van der Waals surface area contributed by atoms with E-state index < -0.39 is 0 Å². The summed E-state index contributed by atoms with van der Waals surface area (Å²) in [7, 11) is 0. The number of nitrogens with zero attached hydrogens (tertiary/aromatic N) is 2. The number of para-hydroxylation sites is 2. The Bertz CT molecular complexity index is 611. The highest BCUT2D eigenvalue weighted by atomic mass is 16.1. The Morgan fingerprint density at radius 3 is 3.05 bits per heavy atom. The Balaban J connectivity index is 1.84. The van der Waals surface area contributed by atoms with E-state index in [-0.39, 0.29) is 5.92 Å². The normalized spacial score (nSPS) is 19.4. The van der Waals surface area contributed by atoms with Crippen molar-refractivity contribution in [2.45, 2.75) is 32.7 Å². The zero-order valence-corrected chi connectivity index (χ0v) is 11.9. The topological polar surface area (TPSA) is 46.9 Å². The number of hydrogen-bond acceptors (Lipinski definition) is 3. The Kier molecular flexibility index (Phi) is 3.83. The van der Waals surface area contributed by atoms with Crippen LogP contribution in [0.3, 0.4) is 0 Å². The number of piperidine rings is 1. The number of fused-ring (bicyclic) bond motifs is 1. The van der Waals surface area contributed by atoms with Crippen molar-refractivity contribution in [1.82, 2.24) is 14.9 Å². The number of aromatic nitrogens is 2. The lowest BCUT2D eigenvalue weighted by atomic mass is 9.93. The van der Waals surface area contributed by atoms with Crippen molar-refractivity contribution < 1.29 is 4.79 Å². The van der Waals surface area contributed by atoms with Gasteiger partial charge in [0.05, 0.1) is 17.5 Å². The predicted molar refractivity (Wildman–Crippen MR) is 79.7 cm³/mol. The first-order chi connectivity index (χ1) is 9.79. The zero-order valence-electron chi connectivity index (χ0n) is 11.9. The number of ketones is 1. The molecular weight excluding hydrogens is 250 g/mol. The van der Waals surface area contributed by atoms with Crippen LogP contribution in [0.1, 0.15) is 25.6 Å². The summed E-state index contributed by atoms with van der Waals surface area (Å²) in [4.78, 5) is 17.1. The molecule has 0 spiro atoms. The summed E-state index contributed by atoms with van der Waals surface area (Å²) in [5.74, 6) is 1.39. The lowest BCUT2D eigenvalue weighted by Gasteiger charge is -2.21. The van der Waals surface area contributed by atoms with Crippen LogP contribution in [0.25, 0.3) is 11.0 Å². The molecule has 2 heterocycles. The van der Waals surface area contributed by atoms with Gasteiger partial charge >= 0.3 is 0 Å². The molecule has 1 aromatic carbocycles. The van der Waals surface area contributed by atoms with Crippen molar-refractivity contribution >= 4 is 16.8 Å². The van der Waals surface area contributed by atoms with E-state index in [1.54, 1.807) is 0 Å². The third-order valence-corrected chi connectivity index (χ3v) is 4.13. The average molecular weight is 271 g/mol. The van der Waals surface area contributed by atoms with Crippen LogP contribution in [0, 0.1) is 5.92 Å². The molecule has 0 saturated carbocycles. The maximum absolute atomic E-state index is 12.4. The molecule has 1 aliphatic heterocycles. The third kappa shape index (κ3) is 2.48. The minimum absolute atomic E-state index is 0.161. The van der Waals surface area contributed by atoms with Gasteiger partial charge in [-0.05, 0) is 38.4 Å². The van der Waals surface area contributed by atoms with Gasteiger partial charge in [0, 0.05) is 19.0 Å². The first-order valence-corrected chi connectivity index (χ1v) is 7.47. The van der Waals surface area contributed by atoms with Gasteiger partial charge in [-0.1, -0.05) is 12.1 Å². The van der Waals surface area contributed by atoms with E-state index in [4.69, 9.17) is 0 Å². The van der Waals surface area contributed by atoms with Crippen LogP contribution < -0.4 is 5.32 Å². The molecule has 4 nitrogen and oxygen atoms in total. The SMILES string of the molecule is CCn1c(CC(=O)C2CCCNC2)nc2ccccc21. The number of benzene rings is 1. The maximum atomic E-state index is 12.4. The van der Waals surface area contributed by atoms with Crippen molar-refractivity contribution in [2.24, 2.45) is 5.92 Å². The summed E-state index contributed by atoms with van der Waals surface area (Å²) in [5.41, 5.74) is 2.11. The summed E-state index contributed by atoms with van der Waals surface area (Å²) >= 11 is 0. The van der Waals surface area contributed by atoms with Gasteiger partial charge in [0.2, 0.25) is 0 Å². The highest BCUT2D eigenvalue weighted by molar-refractivity contribution is 5.84. The number of imidazole rings is 1. The molecule has 0 amide bonds. The predicted octanol–water partition coefficient (Wildman–Crippen LogP) is 2.17. The summed E-state index contributed by atoms with van der Waals surface area (Å²) in [6, 6.07) is 8.10. The zero-order chi connectivity index (χ0) is 13.9. The van der Waals surface area contributed by atoms with Crippen LogP contribution in [0.15, 0.2) is 24.3 Å². The van der Waals surface area contributed by atoms with E-state index >= 15 is 0 Å². The molecule has 1 aliphatic rings. The molecule has 1 atom stereocenters. The summed E-state index contributed by atoms with van der Waals surface area (Å²) in [6.45, 7) is 4.82. The molecule has 1 fully saturated rings. The summed E-state index contributed by atoms with van der Waals surface area (Å²) in [6.07, 6.45) is 2.56. The second-order valence-corrected chi connectivity index (χ2v) is 5.45. The van der Waals surface area contributed by atoms with Crippen LogP contribution in [-0.2, 0) is 17.8 Å². The molecule has 1 N–H and O–H groups in total. The van der Waals surface area contributed by atoms with Gasteiger partial charge in [-0.15, -0.1) is 0 Å². The molecule has 1 saturated heterocycles. The molecule has 0 bridgehead atoms. The highest BCUT2D eigenvalue weighted by Crippen LogP contribution is 2.19. The number of nitrogens with one attached hydrogen (secondary N) is 1. The van der Waals surface area contributed by atoms with Crippen LogP contribution in [0.4, 0.5) is 0 Å². The lowest BCUT2D eigenvalue weighted by molar-refractivity contribution is -0.122. The van der Waals surface area contributed by atoms with E-state index in [1.807, 2.05) is 18.2 Å². The van der Waals surface area contributed by atoms with Crippen molar-refractivity contribution in [2.75, 3.05) is 13.1 Å². The van der Waals surface area contributed by atoms with Crippen molar-refractivity contribution in [3.05, 3.63) is 30.1 Å². The minimum Gasteiger partial charge on any atom is -0.328 e. The average Bonchev–Trinajstić information content (AvgIpc) is 2.85. The number of rotatable bonds is 4. The Morgan fingerprint density at radius 2 is 2.30 bits per heavy atom. The molecule has 1 unspecified atom stereocenters. The summed E-state index contributed by atoms with van der Waals surface area (Å²) in [5, 5.41) is 3.31. The van der Waals surface area contributed by atoms with E-state index in [1.165, 1.54) is 0 Å². The van der Waals surface area contributed by atoms with Crippen molar-refractivity contribution in [1.29, 1.82) is 0 Å². The second kappa shape index (κ2) is 5.75. The first-order valence-electron chi connectivity index (χ1n) is 7.47.